The molecule has 3 heterocycles. The molecule has 1 atom stereocenters. The molecule has 0 bridgehead atoms. The normalized spacial score (nSPS) is 12.5. The molecule has 0 amide bonds. The van der Waals surface area contributed by atoms with Crippen molar-refractivity contribution in [3.8, 4) is 5.69 Å². The molecule has 0 radical (unpaired) electrons. The highest BCUT2D eigenvalue weighted by molar-refractivity contribution is 6.20. The topological polar surface area (TPSA) is 105 Å². The Morgan fingerprint density at radius 3 is 2.55 bits per heavy atom. The summed E-state index contributed by atoms with van der Waals surface area (Å²) in [6.07, 6.45) is 3.08. The van der Waals surface area contributed by atoms with Gasteiger partial charge in [0.05, 0.1) is 29.1 Å². The first-order chi connectivity index (χ1) is 15.0. The average Bonchev–Trinajstić information content (AvgIpc) is 3.17. The van der Waals surface area contributed by atoms with Gasteiger partial charge in [0.15, 0.2) is 17.0 Å². The van der Waals surface area contributed by atoms with Crippen LogP contribution in [-0.4, -0.2) is 29.1 Å². The maximum atomic E-state index is 13.7. The van der Waals surface area contributed by atoms with Gasteiger partial charge in [-0.2, -0.15) is 4.98 Å². The van der Waals surface area contributed by atoms with E-state index in [1.54, 1.807) is 15.5 Å². The van der Waals surface area contributed by atoms with E-state index in [1.165, 1.54) is 6.20 Å². The molecule has 0 aliphatic rings. The summed E-state index contributed by atoms with van der Waals surface area (Å²) in [4.78, 5) is 31.1. The molecule has 0 aliphatic heterocycles. The van der Waals surface area contributed by atoms with Gasteiger partial charge in [0.2, 0.25) is 5.95 Å². The fraction of sp³-hybridized carbons (Fsp3) is 0.136. The molecule has 0 fully saturated rings. The Hall–Kier alpha value is -3.78. The van der Waals surface area contributed by atoms with Crippen molar-refractivity contribution in [3.05, 3.63) is 82.3 Å². The van der Waals surface area contributed by atoms with Gasteiger partial charge >= 0.3 is 0 Å². The average molecular weight is 432 g/mol. The number of alkyl halides is 1. The second-order valence-electron chi connectivity index (χ2n) is 7.29. The largest absolute Gasteiger partial charge is 0.368 e. The predicted molar refractivity (Wildman–Crippen MR) is 121 cm³/mol. The third-order valence-corrected chi connectivity index (χ3v) is 5.69. The number of imidazole rings is 1. The standard InChI is InChI=1S/C22H18ClN7O/c1-12-6-3-4-9-16(12)30-20(27-14-8-5-7-13(2)17(14)21(30)31)18(23)29-11-26-15-10-25-22(24)28-19(15)29/h3-11,18H,1-2H3,(H2,24,25,28). The first-order valence-corrected chi connectivity index (χ1v) is 10.1. The van der Waals surface area contributed by atoms with E-state index >= 15 is 0 Å². The van der Waals surface area contributed by atoms with E-state index in [2.05, 4.69) is 15.0 Å². The van der Waals surface area contributed by atoms with Crippen LogP contribution in [0.5, 0.6) is 0 Å². The van der Waals surface area contributed by atoms with Crippen molar-refractivity contribution in [2.75, 3.05) is 5.73 Å². The molecule has 154 valence electrons. The first kappa shape index (κ1) is 19.2. The van der Waals surface area contributed by atoms with Crippen molar-refractivity contribution in [2.45, 2.75) is 19.3 Å². The molecule has 0 saturated heterocycles. The fourth-order valence-electron chi connectivity index (χ4n) is 3.75. The van der Waals surface area contributed by atoms with Crippen LogP contribution >= 0.6 is 11.6 Å². The molecule has 0 aliphatic carbocycles. The molecule has 1 unspecified atom stereocenters. The minimum Gasteiger partial charge on any atom is -0.368 e. The highest BCUT2D eigenvalue weighted by Gasteiger charge is 2.24. The van der Waals surface area contributed by atoms with Gasteiger partial charge in [-0.25, -0.2) is 15.0 Å². The number of halogens is 1. The van der Waals surface area contributed by atoms with E-state index in [4.69, 9.17) is 22.3 Å². The number of nitrogens with zero attached hydrogens (tertiary/aromatic N) is 6. The molecule has 9 heteroatoms. The highest BCUT2D eigenvalue weighted by atomic mass is 35.5. The number of para-hydroxylation sites is 1. The van der Waals surface area contributed by atoms with Crippen LogP contribution in [0.4, 0.5) is 5.95 Å². The lowest BCUT2D eigenvalue weighted by Crippen LogP contribution is -2.27. The number of benzene rings is 2. The minimum absolute atomic E-state index is 0.108. The van der Waals surface area contributed by atoms with Crippen LogP contribution in [0.15, 0.2) is 59.8 Å². The van der Waals surface area contributed by atoms with Gasteiger partial charge in [-0.1, -0.05) is 41.9 Å². The van der Waals surface area contributed by atoms with Crippen LogP contribution in [0.2, 0.25) is 0 Å². The van der Waals surface area contributed by atoms with E-state index in [0.717, 1.165) is 11.1 Å². The lowest BCUT2D eigenvalue weighted by molar-refractivity contribution is 0.691. The van der Waals surface area contributed by atoms with Gasteiger partial charge in [0, 0.05) is 0 Å². The van der Waals surface area contributed by atoms with E-state index in [9.17, 15) is 4.79 Å². The molecule has 3 aromatic heterocycles. The summed E-state index contributed by atoms with van der Waals surface area (Å²) in [7, 11) is 0. The van der Waals surface area contributed by atoms with Crippen LogP contribution in [-0.2, 0) is 0 Å². The lowest BCUT2D eigenvalue weighted by Gasteiger charge is -2.20. The Balaban J connectivity index is 1.85. The maximum absolute atomic E-state index is 13.7. The van der Waals surface area contributed by atoms with Gasteiger partial charge in [-0.15, -0.1) is 0 Å². The van der Waals surface area contributed by atoms with Gasteiger partial charge in [-0.05, 0) is 37.1 Å². The number of hydrogen-bond donors (Lipinski definition) is 1. The van der Waals surface area contributed by atoms with Crippen LogP contribution in [0, 0.1) is 13.8 Å². The minimum atomic E-state index is -0.864. The van der Waals surface area contributed by atoms with E-state index in [1.807, 2.05) is 56.3 Å². The summed E-state index contributed by atoms with van der Waals surface area (Å²) in [5.41, 5.74) is 8.79. The van der Waals surface area contributed by atoms with Gasteiger partial charge < -0.3 is 5.73 Å². The molecular weight excluding hydrogens is 414 g/mol. The third-order valence-electron chi connectivity index (χ3n) is 5.28. The van der Waals surface area contributed by atoms with Crippen molar-refractivity contribution in [1.29, 1.82) is 0 Å². The summed E-state index contributed by atoms with van der Waals surface area (Å²) in [5.74, 6) is 0.465. The second kappa shape index (κ2) is 7.17. The molecular formula is C22H18ClN7O. The van der Waals surface area contributed by atoms with Crippen LogP contribution in [0.3, 0.4) is 0 Å². The Morgan fingerprint density at radius 1 is 0.968 bits per heavy atom. The van der Waals surface area contributed by atoms with Crippen molar-refractivity contribution < 1.29 is 0 Å². The summed E-state index contributed by atoms with van der Waals surface area (Å²) >= 11 is 6.92. The molecule has 31 heavy (non-hydrogen) atoms. The number of hydrogen-bond acceptors (Lipinski definition) is 6. The lowest BCUT2D eigenvalue weighted by atomic mass is 10.1. The fourth-order valence-corrected chi connectivity index (χ4v) is 4.04. The Kier molecular flexibility index (Phi) is 4.44. The maximum Gasteiger partial charge on any atom is 0.266 e. The summed E-state index contributed by atoms with van der Waals surface area (Å²) < 4.78 is 3.20. The SMILES string of the molecule is Cc1ccccc1-n1c(C(Cl)n2cnc3cnc(N)nc32)nc2cccc(C)c2c1=O. The molecule has 0 spiro atoms. The molecule has 0 saturated carbocycles. The number of fused-ring (bicyclic) bond motifs is 2. The monoisotopic (exact) mass is 431 g/mol. The third kappa shape index (κ3) is 3.03. The zero-order valence-corrected chi connectivity index (χ0v) is 17.6. The van der Waals surface area contributed by atoms with E-state index in [-0.39, 0.29) is 11.5 Å². The van der Waals surface area contributed by atoms with Crippen molar-refractivity contribution in [3.63, 3.8) is 0 Å². The van der Waals surface area contributed by atoms with E-state index in [0.29, 0.717) is 33.6 Å². The molecule has 2 aromatic carbocycles. The number of nitrogen functional groups attached to an aromatic ring is 1. The van der Waals surface area contributed by atoms with E-state index < -0.39 is 5.50 Å². The molecule has 5 rings (SSSR count). The quantitative estimate of drug-likeness (QED) is 0.438. The molecule has 2 N–H and O–H groups in total. The Bertz CT molecular complexity index is 1520. The zero-order chi connectivity index (χ0) is 21.7. The van der Waals surface area contributed by atoms with Crippen LogP contribution in [0.25, 0.3) is 27.8 Å². The number of anilines is 1. The number of aromatic nitrogens is 6. The van der Waals surface area contributed by atoms with Crippen molar-refractivity contribution in [1.82, 2.24) is 29.1 Å². The van der Waals surface area contributed by atoms with Gasteiger partial charge in [-0.3, -0.25) is 13.9 Å². The van der Waals surface area contributed by atoms with Crippen LogP contribution in [0.1, 0.15) is 22.5 Å². The number of aryl methyl sites for hydroxylation is 2. The number of nitrogens with two attached hydrogens (primary N) is 1. The van der Waals surface area contributed by atoms with Gasteiger partial charge in [0.25, 0.3) is 5.56 Å². The highest BCUT2D eigenvalue weighted by Crippen LogP contribution is 2.28. The summed E-state index contributed by atoms with van der Waals surface area (Å²) in [6.45, 7) is 3.84. The molecule has 5 aromatic rings. The smallest absolute Gasteiger partial charge is 0.266 e. The van der Waals surface area contributed by atoms with Crippen molar-refractivity contribution in [2.24, 2.45) is 0 Å². The van der Waals surface area contributed by atoms with Gasteiger partial charge in [0.1, 0.15) is 5.52 Å². The first-order valence-electron chi connectivity index (χ1n) is 9.63. The Morgan fingerprint density at radius 2 is 1.74 bits per heavy atom. The predicted octanol–water partition coefficient (Wildman–Crippen LogP) is 3.51. The van der Waals surface area contributed by atoms with Crippen LogP contribution < -0.4 is 11.3 Å². The summed E-state index contributed by atoms with van der Waals surface area (Å²) in [5, 5.41) is 0.556. The Labute approximate surface area is 182 Å². The van der Waals surface area contributed by atoms with Crippen molar-refractivity contribution >= 4 is 39.6 Å². The number of rotatable bonds is 3. The zero-order valence-electron chi connectivity index (χ0n) is 16.8. The summed E-state index contributed by atoms with van der Waals surface area (Å²) in [6, 6.07) is 13.2. The second-order valence-corrected chi connectivity index (χ2v) is 7.70. The molecule has 8 nitrogen and oxygen atoms in total.